The maximum absolute atomic E-state index is 12.3. The molecule has 5 nitrogen and oxygen atoms in total. The average molecular weight is 375 g/mol. The molecule has 5 N–H and O–H groups in total. The summed E-state index contributed by atoms with van der Waals surface area (Å²) in [6, 6.07) is 10.5. The second-order valence-electron chi connectivity index (χ2n) is 6.78. The number of benzene rings is 1. The second kappa shape index (κ2) is 9.50. The van der Waals surface area contributed by atoms with E-state index in [0.29, 0.717) is 16.5 Å². The molecule has 6 heteroatoms. The van der Waals surface area contributed by atoms with Gasteiger partial charge in [0.1, 0.15) is 11.0 Å². The number of anilines is 1. The highest BCUT2D eigenvalue weighted by atomic mass is 32.1. The maximum atomic E-state index is 12.3. The van der Waals surface area contributed by atoms with Crippen molar-refractivity contribution >= 4 is 28.2 Å². The van der Waals surface area contributed by atoms with E-state index in [9.17, 15) is 9.59 Å². The van der Waals surface area contributed by atoms with E-state index in [1.54, 1.807) is 11.4 Å². The largest absolute Gasteiger partial charge is 0.366 e. The lowest BCUT2D eigenvalue weighted by atomic mass is 9.94. The SMILES string of the molecule is CCCc1ccc([C@@H]([NH2+]CC(=O)Nc2sccc2C(N)=O)C(C)C)cc1. The smallest absolute Gasteiger partial charge is 0.280 e. The van der Waals surface area contributed by atoms with Crippen LogP contribution in [0.1, 0.15) is 54.7 Å². The predicted molar refractivity (Wildman–Crippen MR) is 106 cm³/mol. The van der Waals surface area contributed by atoms with E-state index in [0.717, 1.165) is 12.8 Å². The number of nitrogens with two attached hydrogens (primary N) is 2. The average Bonchev–Trinajstić information content (AvgIpc) is 3.04. The van der Waals surface area contributed by atoms with E-state index in [2.05, 4.69) is 50.4 Å². The molecule has 2 rings (SSSR count). The number of rotatable bonds is 9. The third-order valence-corrected chi connectivity index (χ3v) is 5.19. The van der Waals surface area contributed by atoms with E-state index in [1.165, 1.54) is 22.5 Å². The molecular formula is C20H28N3O2S+. The quantitative estimate of drug-likeness (QED) is 0.630. The van der Waals surface area contributed by atoms with Gasteiger partial charge in [-0.3, -0.25) is 9.59 Å². The Bertz CT molecular complexity index is 738. The molecule has 26 heavy (non-hydrogen) atoms. The molecule has 2 aromatic rings. The van der Waals surface area contributed by atoms with E-state index >= 15 is 0 Å². The molecule has 0 aliphatic rings. The zero-order valence-electron chi connectivity index (χ0n) is 15.6. The predicted octanol–water partition coefficient (Wildman–Crippen LogP) is 2.70. The van der Waals surface area contributed by atoms with Crippen LogP contribution in [0.4, 0.5) is 5.00 Å². The lowest BCUT2D eigenvalue weighted by Gasteiger charge is -2.20. The number of carbonyl (C=O) groups excluding carboxylic acids is 2. The van der Waals surface area contributed by atoms with Crippen molar-refractivity contribution in [2.24, 2.45) is 11.7 Å². The number of amides is 2. The van der Waals surface area contributed by atoms with Crippen LogP contribution in [-0.2, 0) is 11.2 Å². The minimum atomic E-state index is -0.530. The van der Waals surface area contributed by atoms with Crippen molar-refractivity contribution in [2.45, 2.75) is 39.7 Å². The third kappa shape index (κ3) is 5.41. The van der Waals surface area contributed by atoms with E-state index < -0.39 is 5.91 Å². The molecule has 1 heterocycles. The molecule has 0 radical (unpaired) electrons. The van der Waals surface area contributed by atoms with Gasteiger partial charge in [0.25, 0.3) is 11.8 Å². The lowest BCUT2D eigenvalue weighted by molar-refractivity contribution is -0.692. The van der Waals surface area contributed by atoms with Gasteiger partial charge >= 0.3 is 0 Å². The summed E-state index contributed by atoms with van der Waals surface area (Å²) in [4.78, 5) is 23.6. The molecule has 0 unspecified atom stereocenters. The maximum Gasteiger partial charge on any atom is 0.280 e. The number of carbonyl (C=O) groups is 2. The first-order chi connectivity index (χ1) is 12.4. The molecule has 2 amide bonds. The first-order valence-electron chi connectivity index (χ1n) is 9.01. The van der Waals surface area contributed by atoms with Gasteiger partial charge in [0.2, 0.25) is 0 Å². The zero-order valence-corrected chi connectivity index (χ0v) is 16.4. The topological polar surface area (TPSA) is 88.8 Å². The van der Waals surface area contributed by atoms with E-state index in [-0.39, 0.29) is 18.5 Å². The third-order valence-electron chi connectivity index (χ3n) is 4.36. The highest BCUT2D eigenvalue weighted by Crippen LogP contribution is 2.22. The number of aryl methyl sites for hydroxylation is 1. The van der Waals surface area contributed by atoms with Crippen molar-refractivity contribution in [1.82, 2.24) is 0 Å². The van der Waals surface area contributed by atoms with Crippen molar-refractivity contribution in [1.29, 1.82) is 0 Å². The Morgan fingerprint density at radius 3 is 2.46 bits per heavy atom. The number of hydrogen-bond donors (Lipinski definition) is 3. The number of quaternary nitrogens is 1. The highest BCUT2D eigenvalue weighted by molar-refractivity contribution is 7.14. The molecule has 0 fully saturated rings. The summed E-state index contributed by atoms with van der Waals surface area (Å²) < 4.78 is 0. The Labute approximate surface area is 159 Å². The molecule has 0 spiro atoms. The summed E-state index contributed by atoms with van der Waals surface area (Å²) in [5, 5.41) is 7.10. The summed E-state index contributed by atoms with van der Waals surface area (Å²) in [7, 11) is 0. The molecule has 0 aliphatic carbocycles. The Balaban J connectivity index is 1.98. The number of primary amides is 1. The standard InChI is InChI=1S/C20H27N3O2S/c1-4-5-14-6-8-15(9-7-14)18(13(2)3)22-12-17(24)23-20-16(19(21)25)10-11-26-20/h6-11,13,18,22H,4-5,12H2,1-3H3,(H2,21,25)(H,23,24)/p+1/t18-/m0/s1. The summed E-state index contributed by atoms with van der Waals surface area (Å²) in [5.74, 6) is -0.274. The van der Waals surface area contributed by atoms with Gasteiger partial charge in [-0.15, -0.1) is 11.3 Å². The van der Waals surface area contributed by atoms with Crippen LogP contribution in [0.5, 0.6) is 0 Å². The Kier molecular flexibility index (Phi) is 7.36. The van der Waals surface area contributed by atoms with Crippen LogP contribution in [0, 0.1) is 5.92 Å². The first-order valence-corrected chi connectivity index (χ1v) is 9.89. The van der Waals surface area contributed by atoms with Crippen LogP contribution in [0.25, 0.3) is 0 Å². The Morgan fingerprint density at radius 2 is 1.88 bits per heavy atom. The summed E-state index contributed by atoms with van der Waals surface area (Å²) >= 11 is 1.30. The minimum absolute atomic E-state index is 0.136. The molecule has 0 bridgehead atoms. The molecule has 0 saturated heterocycles. The number of nitrogens with one attached hydrogen (secondary N) is 1. The fourth-order valence-electron chi connectivity index (χ4n) is 3.00. The Hall–Kier alpha value is -2.18. The van der Waals surface area contributed by atoms with Gasteiger partial charge in [0.05, 0.1) is 5.56 Å². The van der Waals surface area contributed by atoms with Crippen molar-refractivity contribution in [3.05, 3.63) is 52.4 Å². The van der Waals surface area contributed by atoms with Crippen LogP contribution in [0.2, 0.25) is 0 Å². The monoisotopic (exact) mass is 374 g/mol. The highest BCUT2D eigenvalue weighted by Gasteiger charge is 2.21. The summed E-state index contributed by atoms with van der Waals surface area (Å²) in [5.41, 5.74) is 8.24. The van der Waals surface area contributed by atoms with Crippen LogP contribution in [0.3, 0.4) is 0 Å². The zero-order chi connectivity index (χ0) is 19.1. The molecular weight excluding hydrogens is 346 g/mol. The number of thiophene rings is 1. The van der Waals surface area contributed by atoms with Gasteiger partial charge in [-0.05, 0) is 23.4 Å². The van der Waals surface area contributed by atoms with Crippen LogP contribution in [0.15, 0.2) is 35.7 Å². The minimum Gasteiger partial charge on any atom is -0.366 e. The molecule has 0 saturated carbocycles. The fraction of sp³-hybridized carbons (Fsp3) is 0.400. The van der Waals surface area contributed by atoms with Crippen LogP contribution in [-0.4, -0.2) is 18.4 Å². The van der Waals surface area contributed by atoms with Gasteiger partial charge < -0.3 is 16.4 Å². The van der Waals surface area contributed by atoms with Crippen molar-refractivity contribution in [3.63, 3.8) is 0 Å². The van der Waals surface area contributed by atoms with Gasteiger partial charge in [-0.2, -0.15) is 0 Å². The fourth-order valence-corrected chi connectivity index (χ4v) is 3.81. The lowest BCUT2D eigenvalue weighted by Crippen LogP contribution is -2.88. The molecule has 140 valence electrons. The van der Waals surface area contributed by atoms with Crippen molar-refractivity contribution < 1.29 is 14.9 Å². The molecule has 1 aromatic heterocycles. The van der Waals surface area contributed by atoms with Crippen LogP contribution < -0.4 is 16.4 Å². The molecule has 0 aliphatic heterocycles. The Morgan fingerprint density at radius 1 is 1.19 bits per heavy atom. The van der Waals surface area contributed by atoms with Gasteiger partial charge in [-0.25, -0.2) is 0 Å². The van der Waals surface area contributed by atoms with Gasteiger partial charge in [0.15, 0.2) is 6.54 Å². The first kappa shape index (κ1) is 20.1. The van der Waals surface area contributed by atoms with E-state index in [4.69, 9.17) is 5.73 Å². The van der Waals surface area contributed by atoms with Gasteiger partial charge in [-0.1, -0.05) is 51.5 Å². The summed E-state index contributed by atoms with van der Waals surface area (Å²) in [6.07, 6.45) is 2.22. The van der Waals surface area contributed by atoms with Crippen LogP contribution >= 0.6 is 11.3 Å². The van der Waals surface area contributed by atoms with Gasteiger partial charge in [0, 0.05) is 11.5 Å². The van der Waals surface area contributed by atoms with Crippen molar-refractivity contribution in [2.75, 3.05) is 11.9 Å². The van der Waals surface area contributed by atoms with E-state index in [1.807, 2.05) is 5.32 Å². The second-order valence-corrected chi connectivity index (χ2v) is 7.69. The number of hydrogen-bond acceptors (Lipinski definition) is 3. The normalized spacial score (nSPS) is 12.2. The molecule has 1 atom stereocenters. The molecule has 1 aromatic carbocycles. The van der Waals surface area contributed by atoms with Crippen molar-refractivity contribution in [3.8, 4) is 0 Å². The summed E-state index contributed by atoms with van der Waals surface area (Å²) in [6.45, 7) is 6.77.